The van der Waals surface area contributed by atoms with Crippen LogP contribution in [0.4, 0.5) is 0 Å². The zero-order valence-corrected chi connectivity index (χ0v) is 10.1. The third-order valence-electron chi connectivity index (χ3n) is 1.96. The molecule has 0 aliphatic rings. The highest BCUT2D eigenvalue weighted by Crippen LogP contribution is 2.41. The van der Waals surface area contributed by atoms with Gasteiger partial charge in [-0.2, -0.15) is 0 Å². The predicted octanol–water partition coefficient (Wildman–Crippen LogP) is 3.96. The summed E-state index contributed by atoms with van der Waals surface area (Å²) >= 11 is 5.44. The monoisotopic (exact) mass is 232 g/mol. The second-order valence-electron chi connectivity index (χ2n) is 3.51. The summed E-state index contributed by atoms with van der Waals surface area (Å²) in [6.45, 7) is 6.13. The van der Waals surface area contributed by atoms with E-state index in [9.17, 15) is 0 Å². The summed E-state index contributed by atoms with van der Waals surface area (Å²) < 4.78 is 5.17. The van der Waals surface area contributed by atoms with E-state index in [4.69, 9.17) is 20.7 Å². The second kappa shape index (κ2) is 4.97. The normalized spacial score (nSPS) is 13.0. The number of hydrogen-bond donors (Lipinski definition) is 1. The third-order valence-corrected chi connectivity index (χ3v) is 2.52. The van der Waals surface area contributed by atoms with E-state index in [1.807, 2.05) is 25.1 Å². The molecule has 1 rings (SSSR count). The zero-order valence-electron chi connectivity index (χ0n) is 8.49. The Kier molecular flexibility index (Phi) is 4.18. The Morgan fingerprint density at radius 1 is 1.43 bits per heavy atom. The summed E-state index contributed by atoms with van der Waals surface area (Å²) in [5.74, 6) is 1.04. The van der Waals surface area contributed by atoms with Gasteiger partial charge in [0.25, 0.3) is 0 Å². The molecule has 1 unspecified atom stereocenters. The minimum absolute atomic E-state index is 0.359. The van der Waals surface area contributed by atoms with Gasteiger partial charge in [-0.15, -0.1) is 0 Å². The van der Waals surface area contributed by atoms with Gasteiger partial charge in [0.2, 0.25) is 0 Å². The van der Waals surface area contributed by atoms with E-state index in [1.165, 1.54) is 0 Å². The van der Waals surface area contributed by atoms with Crippen molar-refractivity contribution < 1.29 is 9.42 Å². The fourth-order valence-electron chi connectivity index (χ4n) is 1.28. The van der Waals surface area contributed by atoms with E-state index >= 15 is 0 Å². The average Bonchev–Trinajstić information content (AvgIpc) is 2.01. The second-order valence-corrected chi connectivity index (χ2v) is 5.02. The van der Waals surface area contributed by atoms with Crippen LogP contribution in [0.25, 0.3) is 0 Å². The van der Waals surface area contributed by atoms with Gasteiger partial charge in [0.05, 0.1) is 0 Å². The molecule has 0 aromatic heterocycles. The first-order valence-corrected chi connectivity index (χ1v) is 6.55. The Hall–Kier alpha value is -0.300. The molecule has 1 aromatic carbocycles. The van der Waals surface area contributed by atoms with Crippen LogP contribution in [0.1, 0.15) is 30.9 Å². The molecule has 14 heavy (non-hydrogen) atoms. The molecule has 0 radical (unpaired) electrons. The van der Waals surface area contributed by atoms with Crippen molar-refractivity contribution in [2.75, 3.05) is 0 Å². The lowest BCUT2D eigenvalue weighted by molar-refractivity contribution is 0.500. The first kappa shape index (κ1) is 11.8. The fourth-order valence-corrected chi connectivity index (χ4v) is 1.82. The summed E-state index contributed by atoms with van der Waals surface area (Å²) in [7, 11) is -1.86. The van der Waals surface area contributed by atoms with E-state index in [2.05, 4.69) is 13.8 Å². The Bertz CT molecular complexity index is 313. The first-order valence-electron chi connectivity index (χ1n) is 4.44. The van der Waals surface area contributed by atoms with Crippen molar-refractivity contribution in [1.82, 2.24) is 0 Å². The molecule has 0 fully saturated rings. The molecule has 0 spiro atoms. The summed E-state index contributed by atoms with van der Waals surface area (Å²) in [6, 6.07) is 5.92. The van der Waals surface area contributed by atoms with Gasteiger partial charge in [0.1, 0.15) is 5.75 Å². The summed E-state index contributed by atoms with van der Waals surface area (Å²) in [5, 5.41) is 0. The molecule has 1 atom stereocenters. The number of hydrogen-bond acceptors (Lipinski definition) is 2. The molecule has 78 valence electrons. The zero-order chi connectivity index (χ0) is 10.7. The number of halogens is 1. The van der Waals surface area contributed by atoms with Crippen LogP contribution in [0.5, 0.6) is 5.75 Å². The Labute approximate surface area is 90.6 Å². The van der Waals surface area contributed by atoms with E-state index in [0.29, 0.717) is 11.7 Å². The maximum atomic E-state index is 9.01. The van der Waals surface area contributed by atoms with Gasteiger partial charge < -0.3 is 9.42 Å². The SMILES string of the molecule is Cc1ccc(C(C)C)c(OP(O)Cl)c1. The lowest BCUT2D eigenvalue weighted by Gasteiger charge is -2.14. The molecule has 0 bridgehead atoms. The van der Waals surface area contributed by atoms with E-state index < -0.39 is 7.73 Å². The van der Waals surface area contributed by atoms with Crippen LogP contribution in [0.15, 0.2) is 18.2 Å². The molecule has 0 saturated heterocycles. The van der Waals surface area contributed by atoms with Crippen LogP contribution >= 0.6 is 19.0 Å². The largest absolute Gasteiger partial charge is 0.436 e. The topological polar surface area (TPSA) is 29.5 Å². The molecular weight excluding hydrogens is 219 g/mol. The highest BCUT2D eigenvalue weighted by atomic mass is 35.7. The lowest BCUT2D eigenvalue weighted by atomic mass is 10.0. The molecule has 1 aromatic rings. The maximum Gasteiger partial charge on any atom is 0.335 e. The lowest BCUT2D eigenvalue weighted by Crippen LogP contribution is -1.93. The minimum Gasteiger partial charge on any atom is -0.436 e. The van der Waals surface area contributed by atoms with Crippen LogP contribution in [-0.4, -0.2) is 4.89 Å². The van der Waals surface area contributed by atoms with E-state index in [-0.39, 0.29) is 0 Å². The molecular formula is C10H14ClO2P. The quantitative estimate of drug-likeness (QED) is 0.800. The molecule has 4 heteroatoms. The summed E-state index contributed by atoms with van der Waals surface area (Å²) in [5.41, 5.74) is 2.16. The van der Waals surface area contributed by atoms with Crippen molar-refractivity contribution in [3.05, 3.63) is 29.3 Å². The molecule has 0 aliphatic heterocycles. The van der Waals surface area contributed by atoms with Gasteiger partial charge in [-0.25, -0.2) is 0 Å². The minimum atomic E-state index is -1.86. The number of benzene rings is 1. The summed E-state index contributed by atoms with van der Waals surface area (Å²) in [4.78, 5) is 9.01. The number of aryl methyl sites for hydroxylation is 1. The van der Waals surface area contributed by atoms with Gasteiger partial charge in [-0.05, 0) is 41.3 Å². The van der Waals surface area contributed by atoms with Crippen molar-refractivity contribution in [2.24, 2.45) is 0 Å². The van der Waals surface area contributed by atoms with Gasteiger partial charge >= 0.3 is 7.73 Å². The van der Waals surface area contributed by atoms with Crippen molar-refractivity contribution in [3.63, 3.8) is 0 Å². The van der Waals surface area contributed by atoms with Crippen molar-refractivity contribution >= 4 is 19.0 Å². The van der Waals surface area contributed by atoms with Crippen LogP contribution in [0, 0.1) is 6.92 Å². The van der Waals surface area contributed by atoms with Crippen LogP contribution in [0.3, 0.4) is 0 Å². The third kappa shape index (κ3) is 3.13. The van der Waals surface area contributed by atoms with E-state index in [1.54, 1.807) is 0 Å². The Morgan fingerprint density at radius 2 is 2.07 bits per heavy atom. The van der Waals surface area contributed by atoms with Gasteiger partial charge in [0.15, 0.2) is 0 Å². The van der Waals surface area contributed by atoms with Gasteiger partial charge in [-0.1, -0.05) is 26.0 Å². The van der Waals surface area contributed by atoms with Crippen molar-refractivity contribution in [1.29, 1.82) is 0 Å². The van der Waals surface area contributed by atoms with Crippen LogP contribution < -0.4 is 4.52 Å². The van der Waals surface area contributed by atoms with Crippen LogP contribution in [-0.2, 0) is 0 Å². The van der Waals surface area contributed by atoms with Gasteiger partial charge in [0, 0.05) is 0 Å². The maximum absolute atomic E-state index is 9.01. The predicted molar refractivity (Wildman–Crippen MR) is 60.9 cm³/mol. The van der Waals surface area contributed by atoms with Crippen molar-refractivity contribution in [3.8, 4) is 5.75 Å². The average molecular weight is 233 g/mol. The molecule has 0 amide bonds. The smallest absolute Gasteiger partial charge is 0.335 e. The van der Waals surface area contributed by atoms with Crippen molar-refractivity contribution in [2.45, 2.75) is 26.7 Å². The molecule has 0 aliphatic carbocycles. The highest BCUT2D eigenvalue weighted by molar-refractivity contribution is 7.75. The molecule has 0 heterocycles. The molecule has 1 N–H and O–H groups in total. The molecule has 2 nitrogen and oxygen atoms in total. The standard InChI is InChI=1S/C10H14ClO2P/c1-7(2)9-5-4-8(3)6-10(9)13-14(11)12/h4-7,12H,1-3H3. The first-order chi connectivity index (χ1) is 6.50. The van der Waals surface area contributed by atoms with Crippen LogP contribution in [0.2, 0.25) is 0 Å². The molecule has 0 saturated carbocycles. The highest BCUT2D eigenvalue weighted by Gasteiger charge is 2.11. The number of rotatable bonds is 3. The Balaban J connectivity index is 3.03. The van der Waals surface area contributed by atoms with E-state index in [0.717, 1.165) is 11.1 Å². The van der Waals surface area contributed by atoms with Gasteiger partial charge in [-0.3, -0.25) is 0 Å². The summed E-state index contributed by atoms with van der Waals surface area (Å²) in [6.07, 6.45) is 0. The Morgan fingerprint density at radius 3 is 2.57 bits per heavy atom. The fraction of sp³-hybridized carbons (Fsp3) is 0.400.